The third-order valence-corrected chi connectivity index (χ3v) is 10.6. The zero-order valence-electron chi connectivity index (χ0n) is 35.3. The number of aliphatic hydroxyl groups excluding tert-OH is 1. The maximum Gasteiger partial charge on any atom is 0.407 e. The molecule has 0 saturated carbocycles. The van der Waals surface area contributed by atoms with Gasteiger partial charge in [0.1, 0.15) is 28.7 Å². The van der Waals surface area contributed by atoms with Crippen molar-refractivity contribution in [3.63, 3.8) is 0 Å². The van der Waals surface area contributed by atoms with E-state index in [0.717, 1.165) is 33.4 Å². The lowest BCUT2D eigenvalue weighted by Crippen LogP contribution is -2.41. The van der Waals surface area contributed by atoms with Crippen LogP contribution in [0, 0.1) is 0 Å². The van der Waals surface area contributed by atoms with Crippen molar-refractivity contribution in [3.05, 3.63) is 222 Å². The molecule has 7 aromatic rings. The maximum atomic E-state index is 13.8. The van der Waals surface area contributed by atoms with E-state index in [4.69, 9.17) is 14.6 Å². The highest BCUT2D eigenvalue weighted by molar-refractivity contribution is 5.96. The Morgan fingerprint density at radius 1 is 0.613 bits per heavy atom. The number of aromatic nitrogens is 2. The molecule has 6 aromatic carbocycles. The minimum Gasteiger partial charge on any atom is -0.449 e. The molecule has 0 aliphatic rings. The molecule has 1 atom stereocenters. The number of rotatable bonds is 17. The molecule has 0 radical (unpaired) electrons. The van der Waals surface area contributed by atoms with Crippen LogP contribution in [0.3, 0.4) is 0 Å². The first kappa shape index (κ1) is 43.1. The van der Waals surface area contributed by atoms with Gasteiger partial charge in [-0.15, -0.1) is 0 Å². The molecule has 7 rings (SSSR count). The summed E-state index contributed by atoms with van der Waals surface area (Å²) in [6, 6.07) is 60.9. The molecule has 4 N–H and O–H groups in total. The number of hydrogen-bond donors (Lipinski definition) is 4. The first-order chi connectivity index (χ1) is 30.1. The van der Waals surface area contributed by atoms with Crippen molar-refractivity contribution in [2.24, 2.45) is 0 Å². The predicted molar refractivity (Wildman–Crippen MR) is 244 cm³/mol. The van der Waals surface area contributed by atoms with E-state index in [9.17, 15) is 14.7 Å². The van der Waals surface area contributed by atoms with Crippen molar-refractivity contribution < 1.29 is 24.2 Å². The zero-order chi connectivity index (χ0) is 43.4. The van der Waals surface area contributed by atoms with Crippen molar-refractivity contribution in [2.45, 2.75) is 56.5 Å². The van der Waals surface area contributed by atoms with Gasteiger partial charge < -0.3 is 30.5 Å². The van der Waals surface area contributed by atoms with Crippen LogP contribution in [0.25, 0.3) is 0 Å². The van der Waals surface area contributed by atoms with Crippen LogP contribution in [-0.4, -0.2) is 51.7 Å². The average molecular weight is 828 g/mol. The molecule has 0 bridgehead atoms. The van der Waals surface area contributed by atoms with Crippen LogP contribution in [-0.2, 0) is 32.0 Å². The van der Waals surface area contributed by atoms with Gasteiger partial charge in [0.2, 0.25) is 0 Å². The standard InChI is InChI=1S/C52H53N5O5/c1-50(2,3)56-49(60)61-36-34-46(58)48(59)54-45-38-53-57(35-37-62-52(42-28-16-7-17-29-42,43-30-18-8-19-31-43)44-32-20-9-21-33-44)47(45)55-51(39-22-10-4-11-23-39,40-24-12-5-13-25-40)41-26-14-6-15-27-41/h4-33,38,46,55,58H,34-37H2,1-3H3,(H,54,59)(H,56,60)/t46-/m0/s1. The first-order valence-corrected chi connectivity index (χ1v) is 20.8. The highest BCUT2D eigenvalue weighted by atomic mass is 16.5. The summed E-state index contributed by atoms with van der Waals surface area (Å²) in [5.41, 5.74) is 3.62. The number of nitrogens with one attached hydrogen (secondary N) is 3. The van der Waals surface area contributed by atoms with Gasteiger partial charge in [0.15, 0.2) is 0 Å². The molecule has 0 aliphatic heterocycles. The second kappa shape index (κ2) is 19.6. The Morgan fingerprint density at radius 2 is 1.02 bits per heavy atom. The number of alkyl carbamates (subject to hydrolysis) is 1. The van der Waals surface area contributed by atoms with Crippen molar-refractivity contribution in [2.75, 3.05) is 23.8 Å². The fraction of sp³-hybridized carbons (Fsp3) is 0.212. The Balaban J connectivity index is 1.28. The Hall–Kier alpha value is -7.01. The van der Waals surface area contributed by atoms with Crippen molar-refractivity contribution in [1.82, 2.24) is 15.1 Å². The Kier molecular flexibility index (Phi) is 13.6. The number of benzene rings is 6. The van der Waals surface area contributed by atoms with Gasteiger partial charge in [0.25, 0.3) is 5.91 Å². The monoisotopic (exact) mass is 827 g/mol. The quantitative estimate of drug-likeness (QED) is 0.0674. The van der Waals surface area contributed by atoms with Gasteiger partial charge in [-0.1, -0.05) is 182 Å². The molecule has 1 aromatic heterocycles. The molecule has 316 valence electrons. The number of anilines is 2. The van der Waals surface area contributed by atoms with Gasteiger partial charge >= 0.3 is 6.09 Å². The third kappa shape index (κ3) is 9.78. The summed E-state index contributed by atoms with van der Waals surface area (Å²) in [4.78, 5) is 26.0. The smallest absolute Gasteiger partial charge is 0.407 e. The lowest BCUT2D eigenvalue weighted by molar-refractivity contribution is -0.124. The van der Waals surface area contributed by atoms with Crippen LogP contribution in [0.4, 0.5) is 16.3 Å². The topological polar surface area (TPSA) is 127 Å². The number of carbonyl (C=O) groups excluding carboxylic acids is 2. The molecule has 0 unspecified atom stereocenters. The second-order valence-electron chi connectivity index (χ2n) is 16.0. The molecule has 0 spiro atoms. The molecule has 0 saturated heterocycles. The Morgan fingerprint density at radius 3 is 1.42 bits per heavy atom. The fourth-order valence-electron chi connectivity index (χ4n) is 7.74. The second-order valence-corrected chi connectivity index (χ2v) is 16.0. The van der Waals surface area contributed by atoms with E-state index < -0.39 is 34.8 Å². The summed E-state index contributed by atoms with van der Waals surface area (Å²) < 4.78 is 14.2. The van der Waals surface area contributed by atoms with E-state index in [2.05, 4.69) is 88.7 Å². The van der Waals surface area contributed by atoms with E-state index in [-0.39, 0.29) is 26.2 Å². The first-order valence-electron chi connectivity index (χ1n) is 20.8. The van der Waals surface area contributed by atoms with E-state index in [1.54, 1.807) is 10.9 Å². The Bertz CT molecular complexity index is 2280. The van der Waals surface area contributed by atoms with E-state index in [1.165, 1.54) is 0 Å². The van der Waals surface area contributed by atoms with Crippen LogP contribution in [0.15, 0.2) is 188 Å². The average Bonchev–Trinajstić information content (AvgIpc) is 3.67. The Labute approximate surface area is 363 Å². The largest absolute Gasteiger partial charge is 0.449 e. The van der Waals surface area contributed by atoms with Gasteiger partial charge in [-0.3, -0.25) is 4.79 Å². The molecule has 0 fully saturated rings. The van der Waals surface area contributed by atoms with E-state index in [0.29, 0.717) is 11.5 Å². The number of nitrogens with zero attached hydrogens (tertiary/aromatic N) is 2. The van der Waals surface area contributed by atoms with Crippen LogP contribution in [0.1, 0.15) is 60.6 Å². The number of amides is 2. The lowest BCUT2D eigenvalue weighted by Gasteiger charge is -2.38. The maximum absolute atomic E-state index is 13.8. The minimum absolute atomic E-state index is 0.114. The zero-order valence-corrected chi connectivity index (χ0v) is 35.3. The molecule has 10 nitrogen and oxygen atoms in total. The summed E-state index contributed by atoms with van der Waals surface area (Å²) in [6.07, 6.45) is -0.654. The van der Waals surface area contributed by atoms with Gasteiger partial charge in [-0.25, -0.2) is 9.48 Å². The number of aliphatic hydroxyl groups is 1. The van der Waals surface area contributed by atoms with Gasteiger partial charge in [-0.2, -0.15) is 5.10 Å². The van der Waals surface area contributed by atoms with Gasteiger partial charge in [0.05, 0.1) is 26.0 Å². The fourth-order valence-corrected chi connectivity index (χ4v) is 7.74. The molecule has 1 heterocycles. The summed E-state index contributed by atoms with van der Waals surface area (Å²) in [6.45, 7) is 5.81. The van der Waals surface area contributed by atoms with Crippen LogP contribution in [0.2, 0.25) is 0 Å². The van der Waals surface area contributed by atoms with Gasteiger partial charge in [-0.05, 0) is 54.2 Å². The highest BCUT2D eigenvalue weighted by Crippen LogP contribution is 2.43. The summed E-state index contributed by atoms with van der Waals surface area (Å²) >= 11 is 0. The normalized spacial score (nSPS) is 12.3. The highest BCUT2D eigenvalue weighted by Gasteiger charge is 2.40. The molecular formula is C52H53N5O5. The summed E-state index contributed by atoms with van der Waals surface area (Å²) in [5.74, 6) is -0.194. The SMILES string of the molecule is CC(C)(C)NC(=O)OCC[C@H](O)C(=O)Nc1cnn(CCOC(c2ccccc2)(c2ccccc2)c2ccccc2)c1NC(c1ccccc1)(c1ccccc1)c1ccccc1. The molecule has 0 aliphatic carbocycles. The molecular weight excluding hydrogens is 775 g/mol. The summed E-state index contributed by atoms with van der Waals surface area (Å²) in [5, 5.41) is 25.5. The number of ether oxygens (including phenoxy) is 2. The van der Waals surface area contributed by atoms with Crippen molar-refractivity contribution in [3.8, 4) is 0 Å². The number of hydrogen-bond acceptors (Lipinski definition) is 7. The predicted octanol–water partition coefficient (Wildman–Crippen LogP) is 9.51. The number of carbonyl (C=O) groups is 2. The molecule has 2 amide bonds. The molecule has 10 heteroatoms. The third-order valence-electron chi connectivity index (χ3n) is 10.6. The van der Waals surface area contributed by atoms with E-state index in [1.807, 2.05) is 130 Å². The van der Waals surface area contributed by atoms with Crippen LogP contribution >= 0.6 is 0 Å². The van der Waals surface area contributed by atoms with Gasteiger partial charge in [0, 0.05) is 12.0 Å². The van der Waals surface area contributed by atoms with Crippen molar-refractivity contribution >= 4 is 23.5 Å². The molecule has 62 heavy (non-hydrogen) atoms. The van der Waals surface area contributed by atoms with E-state index >= 15 is 0 Å². The minimum atomic E-state index is -1.48. The van der Waals surface area contributed by atoms with Crippen LogP contribution < -0.4 is 16.0 Å². The van der Waals surface area contributed by atoms with Crippen molar-refractivity contribution in [1.29, 1.82) is 0 Å². The summed E-state index contributed by atoms with van der Waals surface area (Å²) in [7, 11) is 0. The van der Waals surface area contributed by atoms with Crippen LogP contribution in [0.5, 0.6) is 0 Å². The lowest BCUT2D eigenvalue weighted by atomic mass is 9.77.